The average Bonchev–Trinajstić information content (AvgIpc) is 3.05. The van der Waals surface area contributed by atoms with Gasteiger partial charge in [0.25, 0.3) is 0 Å². The lowest BCUT2D eigenvalue weighted by molar-refractivity contribution is -0.149. The van der Waals surface area contributed by atoms with Crippen molar-refractivity contribution in [1.29, 1.82) is 0 Å². The second-order valence-corrected chi connectivity index (χ2v) is 6.18. The van der Waals surface area contributed by atoms with Crippen LogP contribution in [0.15, 0.2) is 0 Å². The Kier molecular flexibility index (Phi) is 4.48. The van der Waals surface area contributed by atoms with Crippen LogP contribution in [0.1, 0.15) is 51.9 Å². The van der Waals surface area contributed by atoms with Crippen molar-refractivity contribution in [1.82, 2.24) is 4.90 Å². The molecule has 1 amide bonds. The summed E-state index contributed by atoms with van der Waals surface area (Å²) >= 11 is 0. The maximum atomic E-state index is 12.6. The van der Waals surface area contributed by atoms with Crippen molar-refractivity contribution in [2.45, 2.75) is 57.9 Å². The molecule has 3 unspecified atom stereocenters. The molecule has 0 aliphatic heterocycles. The van der Waals surface area contributed by atoms with Gasteiger partial charge in [0.05, 0.1) is 11.8 Å². The lowest BCUT2D eigenvalue weighted by Gasteiger charge is -2.28. The van der Waals surface area contributed by atoms with Gasteiger partial charge in [0.15, 0.2) is 0 Å². The van der Waals surface area contributed by atoms with Crippen molar-refractivity contribution in [2.75, 3.05) is 7.05 Å². The molecule has 108 valence electrons. The van der Waals surface area contributed by atoms with Crippen molar-refractivity contribution in [3.63, 3.8) is 0 Å². The van der Waals surface area contributed by atoms with Gasteiger partial charge in [-0.1, -0.05) is 26.2 Å². The molecule has 2 aliphatic carbocycles. The smallest absolute Gasteiger partial charge is 0.307 e. The Bertz CT molecular complexity index is 349. The molecule has 3 atom stereocenters. The highest BCUT2D eigenvalue weighted by Gasteiger charge is 2.44. The van der Waals surface area contributed by atoms with E-state index >= 15 is 0 Å². The van der Waals surface area contributed by atoms with Crippen LogP contribution in [0.2, 0.25) is 0 Å². The van der Waals surface area contributed by atoms with Crippen molar-refractivity contribution in [3.05, 3.63) is 0 Å². The first-order valence-electron chi connectivity index (χ1n) is 7.54. The molecule has 0 saturated heterocycles. The molecule has 2 rings (SSSR count). The molecule has 1 N–H and O–H groups in total. The van der Waals surface area contributed by atoms with Crippen molar-refractivity contribution >= 4 is 11.9 Å². The first-order valence-corrected chi connectivity index (χ1v) is 7.54. The quantitative estimate of drug-likeness (QED) is 0.851. The highest BCUT2D eigenvalue weighted by Crippen LogP contribution is 2.40. The van der Waals surface area contributed by atoms with Crippen LogP contribution in [0.25, 0.3) is 0 Å². The zero-order valence-electron chi connectivity index (χ0n) is 12.0. The second kappa shape index (κ2) is 5.93. The van der Waals surface area contributed by atoms with E-state index in [1.807, 2.05) is 11.9 Å². The number of rotatable bonds is 4. The first-order chi connectivity index (χ1) is 9.04. The number of carbonyl (C=O) groups is 2. The van der Waals surface area contributed by atoms with Gasteiger partial charge in [-0.15, -0.1) is 0 Å². The third kappa shape index (κ3) is 2.93. The van der Waals surface area contributed by atoms with Crippen molar-refractivity contribution in [2.24, 2.45) is 17.8 Å². The van der Waals surface area contributed by atoms with Crippen LogP contribution in [0, 0.1) is 17.8 Å². The van der Waals surface area contributed by atoms with Gasteiger partial charge in [0.1, 0.15) is 0 Å². The number of nitrogens with zero attached hydrogens (tertiary/aromatic N) is 1. The fourth-order valence-electron chi connectivity index (χ4n) is 3.76. The van der Waals surface area contributed by atoms with Crippen LogP contribution in [0.5, 0.6) is 0 Å². The minimum atomic E-state index is -0.797. The van der Waals surface area contributed by atoms with Gasteiger partial charge in [0, 0.05) is 13.1 Å². The Balaban J connectivity index is 2.05. The Morgan fingerprint density at radius 2 is 1.74 bits per heavy atom. The number of carboxylic acids is 1. The molecule has 0 aromatic carbocycles. The predicted octanol–water partition coefficient (Wildman–Crippen LogP) is 2.52. The van der Waals surface area contributed by atoms with Gasteiger partial charge in [-0.05, 0) is 31.6 Å². The van der Waals surface area contributed by atoms with E-state index in [1.54, 1.807) is 0 Å². The summed E-state index contributed by atoms with van der Waals surface area (Å²) in [5.41, 5.74) is 0. The van der Waals surface area contributed by atoms with Crippen LogP contribution in [0.4, 0.5) is 0 Å². The SMILES string of the molecule is CCC1CC(C(=O)O)C(C(=O)N(C)C2CCCC2)C1. The van der Waals surface area contributed by atoms with Gasteiger partial charge in [-0.25, -0.2) is 0 Å². The van der Waals surface area contributed by atoms with E-state index in [4.69, 9.17) is 0 Å². The first kappa shape index (κ1) is 14.4. The molecule has 2 saturated carbocycles. The molecule has 0 heterocycles. The molecule has 4 nitrogen and oxygen atoms in total. The van der Waals surface area contributed by atoms with E-state index < -0.39 is 11.9 Å². The molecule has 0 radical (unpaired) electrons. The van der Waals surface area contributed by atoms with Crippen LogP contribution in [-0.4, -0.2) is 35.0 Å². The summed E-state index contributed by atoms with van der Waals surface area (Å²) in [5.74, 6) is -1.11. The number of carbonyl (C=O) groups excluding carboxylic acids is 1. The second-order valence-electron chi connectivity index (χ2n) is 6.18. The van der Waals surface area contributed by atoms with E-state index in [0.717, 1.165) is 25.7 Å². The molecule has 0 spiro atoms. The molecular weight excluding hydrogens is 242 g/mol. The lowest BCUT2D eigenvalue weighted by atomic mass is 9.94. The van der Waals surface area contributed by atoms with Gasteiger partial charge in [-0.2, -0.15) is 0 Å². The Hall–Kier alpha value is -1.06. The summed E-state index contributed by atoms with van der Waals surface area (Å²) in [6.45, 7) is 2.08. The highest BCUT2D eigenvalue weighted by molar-refractivity contribution is 5.85. The van der Waals surface area contributed by atoms with Crippen LogP contribution in [0.3, 0.4) is 0 Å². The van der Waals surface area contributed by atoms with Crippen LogP contribution >= 0.6 is 0 Å². The van der Waals surface area contributed by atoms with E-state index in [9.17, 15) is 14.7 Å². The maximum absolute atomic E-state index is 12.6. The molecule has 0 aromatic rings. The number of carboxylic acid groups (broad SMARTS) is 1. The van der Waals surface area contributed by atoms with Gasteiger partial charge >= 0.3 is 5.97 Å². The molecule has 0 bridgehead atoms. The monoisotopic (exact) mass is 267 g/mol. The fourth-order valence-corrected chi connectivity index (χ4v) is 3.76. The van der Waals surface area contributed by atoms with Gasteiger partial charge in [-0.3, -0.25) is 9.59 Å². The standard InChI is InChI=1S/C15H25NO3/c1-3-10-8-12(13(9-10)15(18)19)14(17)16(2)11-6-4-5-7-11/h10-13H,3-9H2,1-2H3,(H,18,19). The average molecular weight is 267 g/mol. The van der Waals surface area contributed by atoms with E-state index in [1.165, 1.54) is 12.8 Å². The van der Waals surface area contributed by atoms with E-state index in [0.29, 0.717) is 18.4 Å². The molecule has 19 heavy (non-hydrogen) atoms. The third-order valence-electron chi connectivity index (χ3n) is 5.09. The normalized spacial score (nSPS) is 31.6. The largest absolute Gasteiger partial charge is 0.481 e. The number of hydrogen-bond acceptors (Lipinski definition) is 2. The Labute approximate surface area is 115 Å². The van der Waals surface area contributed by atoms with E-state index in [-0.39, 0.29) is 11.8 Å². The van der Waals surface area contributed by atoms with Crippen LogP contribution in [-0.2, 0) is 9.59 Å². The molecule has 0 aromatic heterocycles. The van der Waals surface area contributed by atoms with Crippen LogP contribution < -0.4 is 0 Å². The fraction of sp³-hybridized carbons (Fsp3) is 0.867. The Morgan fingerprint density at radius 3 is 2.26 bits per heavy atom. The summed E-state index contributed by atoms with van der Waals surface area (Å²) < 4.78 is 0. The number of aliphatic carboxylic acids is 1. The minimum absolute atomic E-state index is 0.0650. The summed E-state index contributed by atoms with van der Waals surface area (Å²) in [7, 11) is 1.86. The summed E-state index contributed by atoms with van der Waals surface area (Å²) in [4.78, 5) is 25.8. The van der Waals surface area contributed by atoms with Gasteiger partial charge < -0.3 is 10.0 Å². The van der Waals surface area contributed by atoms with E-state index in [2.05, 4.69) is 6.92 Å². The Morgan fingerprint density at radius 1 is 1.16 bits per heavy atom. The zero-order valence-corrected chi connectivity index (χ0v) is 12.0. The summed E-state index contributed by atoms with van der Waals surface area (Å²) in [6, 6.07) is 0.336. The highest BCUT2D eigenvalue weighted by atomic mass is 16.4. The summed E-state index contributed by atoms with van der Waals surface area (Å²) in [5, 5.41) is 9.32. The lowest BCUT2D eigenvalue weighted by Crippen LogP contribution is -2.41. The maximum Gasteiger partial charge on any atom is 0.307 e. The molecular formula is C15H25NO3. The number of amides is 1. The molecule has 2 fully saturated rings. The number of hydrogen-bond donors (Lipinski definition) is 1. The molecule has 2 aliphatic rings. The van der Waals surface area contributed by atoms with Crippen molar-refractivity contribution < 1.29 is 14.7 Å². The zero-order chi connectivity index (χ0) is 14.0. The van der Waals surface area contributed by atoms with Gasteiger partial charge in [0.2, 0.25) is 5.91 Å². The third-order valence-corrected chi connectivity index (χ3v) is 5.09. The minimum Gasteiger partial charge on any atom is -0.481 e. The summed E-state index contributed by atoms with van der Waals surface area (Å²) in [6.07, 6.45) is 6.92. The van der Waals surface area contributed by atoms with Crippen molar-refractivity contribution in [3.8, 4) is 0 Å². The topological polar surface area (TPSA) is 57.6 Å². The predicted molar refractivity (Wildman–Crippen MR) is 72.7 cm³/mol. The molecule has 4 heteroatoms.